The zero-order chi connectivity index (χ0) is 22.1. The second-order valence-corrected chi connectivity index (χ2v) is 7.96. The molecule has 5 rings (SSSR count). The summed E-state index contributed by atoms with van der Waals surface area (Å²) in [5.41, 5.74) is 0.911. The highest BCUT2D eigenvalue weighted by Crippen LogP contribution is 2.32. The van der Waals surface area contributed by atoms with Gasteiger partial charge in [-0.1, -0.05) is 48.5 Å². The molecule has 4 aromatic carbocycles. The van der Waals surface area contributed by atoms with Crippen molar-refractivity contribution in [3.8, 4) is 11.5 Å². The number of rotatable bonds is 6. The summed E-state index contributed by atoms with van der Waals surface area (Å²) >= 11 is 0. The topological polar surface area (TPSA) is 87.7 Å². The van der Waals surface area contributed by atoms with Crippen LogP contribution >= 0.6 is 0 Å². The largest absolute Gasteiger partial charge is 0.507 e. The number of phenols is 1. The minimum absolute atomic E-state index is 0.148. The number of carbonyl (C=O) groups is 2. The predicted octanol–water partition coefficient (Wildman–Crippen LogP) is 4.61. The number of hydrogen-bond acceptors (Lipinski definition) is 4. The number of aromatic hydroxyl groups is 1. The van der Waals surface area contributed by atoms with Crippen LogP contribution in [-0.4, -0.2) is 29.6 Å². The van der Waals surface area contributed by atoms with Crippen molar-refractivity contribution in [1.29, 1.82) is 0 Å². The molecule has 4 aromatic rings. The van der Waals surface area contributed by atoms with Crippen molar-refractivity contribution in [2.75, 3.05) is 11.9 Å². The highest BCUT2D eigenvalue weighted by molar-refractivity contribution is 6.12. The van der Waals surface area contributed by atoms with Gasteiger partial charge >= 0.3 is 0 Å². The summed E-state index contributed by atoms with van der Waals surface area (Å²) in [6, 6.07) is 22.0. The van der Waals surface area contributed by atoms with E-state index in [1.807, 2.05) is 30.3 Å². The van der Waals surface area contributed by atoms with Crippen molar-refractivity contribution in [3.63, 3.8) is 0 Å². The van der Waals surface area contributed by atoms with Gasteiger partial charge in [0.2, 0.25) is 0 Å². The maximum Gasteiger partial charge on any atom is 0.259 e. The Labute approximate surface area is 184 Å². The Morgan fingerprint density at radius 3 is 2.41 bits per heavy atom. The Hall–Kier alpha value is -4.06. The van der Waals surface area contributed by atoms with Gasteiger partial charge in [0.25, 0.3) is 11.8 Å². The van der Waals surface area contributed by atoms with E-state index >= 15 is 0 Å². The van der Waals surface area contributed by atoms with Crippen LogP contribution in [-0.2, 0) is 4.79 Å². The van der Waals surface area contributed by atoms with E-state index in [1.54, 1.807) is 42.5 Å². The van der Waals surface area contributed by atoms with Crippen LogP contribution in [0, 0.1) is 0 Å². The molecule has 1 fully saturated rings. The molecule has 0 aliphatic heterocycles. The van der Waals surface area contributed by atoms with Gasteiger partial charge in [-0.2, -0.15) is 0 Å². The zero-order valence-corrected chi connectivity index (χ0v) is 17.3. The SMILES string of the molecule is O=C(COc1cc2ccccc2cc1C(=O)Nc1cccc2c(O)cccc12)NC1CC1. The fraction of sp³-hybridized carbons (Fsp3) is 0.154. The number of anilines is 1. The minimum atomic E-state index is -0.357. The normalized spacial score (nSPS) is 13.1. The zero-order valence-electron chi connectivity index (χ0n) is 17.3. The number of hydrogen-bond donors (Lipinski definition) is 3. The first kappa shape index (κ1) is 19.9. The summed E-state index contributed by atoms with van der Waals surface area (Å²) in [5.74, 6) is -0.0639. The molecule has 0 aromatic heterocycles. The van der Waals surface area contributed by atoms with Gasteiger partial charge in [-0.05, 0) is 47.9 Å². The van der Waals surface area contributed by atoms with Crippen molar-refractivity contribution in [3.05, 3.63) is 78.4 Å². The maximum absolute atomic E-state index is 13.3. The Morgan fingerprint density at radius 2 is 1.62 bits per heavy atom. The van der Waals surface area contributed by atoms with Crippen molar-refractivity contribution in [1.82, 2.24) is 5.32 Å². The Bertz CT molecular complexity index is 1340. The molecule has 0 bridgehead atoms. The number of nitrogens with one attached hydrogen (secondary N) is 2. The van der Waals surface area contributed by atoms with Gasteiger partial charge in [0, 0.05) is 22.5 Å². The quantitative estimate of drug-likeness (QED) is 0.420. The maximum atomic E-state index is 13.3. The number of phenolic OH excluding ortho intramolecular Hbond substituents is 1. The second-order valence-electron chi connectivity index (χ2n) is 7.96. The van der Waals surface area contributed by atoms with Crippen LogP contribution < -0.4 is 15.4 Å². The highest BCUT2D eigenvalue weighted by Gasteiger charge is 2.24. The fourth-order valence-electron chi connectivity index (χ4n) is 3.75. The Kier molecular flexibility index (Phi) is 5.11. The van der Waals surface area contributed by atoms with E-state index in [-0.39, 0.29) is 30.2 Å². The molecule has 32 heavy (non-hydrogen) atoms. The van der Waals surface area contributed by atoms with E-state index in [4.69, 9.17) is 4.74 Å². The van der Waals surface area contributed by atoms with Crippen molar-refractivity contribution < 1.29 is 19.4 Å². The third-order valence-corrected chi connectivity index (χ3v) is 5.54. The molecule has 0 unspecified atom stereocenters. The molecule has 0 spiro atoms. The number of benzene rings is 4. The predicted molar refractivity (Wildman–Crippen MR) is 124 cm³/mol. The van der Waals surface area contributed by atoms with Gasteiger partial charge in [0.1, 0.15) is 11.5 Å². The monoisotopic (exact) mass is 426 g/mol. The van der Waals surface area contributed by atoms with Crippen LogP contribution in [0.4, 0.5) is 5.69 Å². The summed E-state index contributed by atoms with van der Waals surface area (Å²) in [5, 5.41) is 19.1. The van der Waals surface area contributed by atoms with E-state index in [1.165, 1.54) is 0 Å². The van der Waals surface area contributed by atoms with Gasteiger partial charge in [-0.25, -0.2) is 0 Å². The Balaban J connectivity index is 1.47. The standard InChI is InChI=1S/C26H22N2O4/c29-23-10-4-7-19-20(23)8-3-9-22(19)28-26(31)21-13-16-5-1-2-6-17(16)14-24(21)32-15-25(30)27-18-11-12-18/h1-10,13-14,18,29H,11-12,15H2,(H,27,30)(H,28,31). The van der Waals surface area contributed by atoms with Crippen molar-refractivity contribution in [2.45, 2.75) is 18.9 Å². The van der Waals surface area contributed by atoms with Crippen molar-refractivity contribution >= 4 is 39.0 Å². The van der Waals surface area contributed by atoms with Gasteiger partial charge in [0.15, 0.2) is 6.61 Å². The molecule has 0 heterocycles. The van der Waals surface area contributed by atoms with Crippen molar-refractivity contribution in [2.24, 2.45) is 0 Å². The molecule has 2 amide bonds. The lowest BCUT2D eigenvalue weighted by molar-refractivity contribution is -0.123. The van der Waals surface area contributed by atoms with E-state index < -0.39 is 0 Å². The lowest BCUT2D eigenvalue weighted by atomic mass is 10.0. The molecule has 0 saturated heterocycles. The van der Waals surface area contributed by atoms with E-state index in [9.17, 15) is 14.7 Å². The first-order chi connectivity index (χ1) is 15.6. The summed E-state index contributed by atoms with van der Waals surface area (Å²) in [6.07, 6.45) is 1.99. The number of fused-ring (bicyclic) bond motifs is 2. The summed E-state index contributed by atoms with van der Waals surface area (Å²) in [6.45, 7) is -0.155. The smallest absolute Gasteiger partial charge is 0.259 e. The lowest BCUT2D eigenvalue weighted by Crippen LogP contribution is -2.30. The molecule has 160 valence electrons. The summed E-state index contributed by atoms with van der Waals surface area (Å²) in [4.78, 5) is 25.4. The molecule has 0 radical (unpaired) electrons. The van der Waals surface area contributed by atoms with Crippen LogP contribution in [0.5, 0.6) is 11.5 Å². The minimum Gasteiger partial charge on any atom is -0.507 e. The van der Waals surface area contributed by atoms with Gasteiger partial charge in [-0.3, -0.25) is 9.59 Å². The highest BCUT2D eigenvalue weighted by atomic mass is 16.5. The molecule has 1 saturated carbocycles. The molecule has 0 atom stereocenters. The molecular formula is C26H22N2O4. The van der Waals surface area contributed by atoms with Crippen LogP contribution in [0.25, 0.3) is 21.5 Å². The van der Waals surface area contributed by atoms with Crippen LogP contribution in [0.15, 0.2) is 72.8 Å². The lowest BCUT2D eigenvalue weighted by Gasteiger charge is -2.14. The van der Waals surface area contributed by atoms with Gasteiger partial charge in [-0.15, -0.1) is 0 Å². The van der Waals surface area contributed by atoms with Gasteiger partial charge < -0.3 is 20.5 Å². The average Bonchev–Trinajstić information content (AvgIpc) is 3.61. The third-order valence-electron chi connectivity index (χ3n) is 5.54. The van der Waals surface area contributed by atoms with Crippen LogP contribution in [0.1, 0.15) is 23.2 Å². The number of amides is 2. The van der Waals surface area contributed by atoms with Crippen LogP contribution in [0.2, 0.25) is 0 Å². The number of carbonyl (C=O) groups excluding carboxylic acids is 2. The first-order valence-corrected chi connectivity index (χ1v) is 10.6. The van der Waals surface area contributed by atoms with E-state index in [0.29, 0.717) is 22.4 Å². The second kappa shape index (κ2) is 8.23. The molecule has 3 N–H and O–H groups in total. The van der Waals surface area contributed by atoms with Crippen LogP contribution in [0.3, 0.4) is 0 Å². The average molecular weight is 426 g/mol. The molecule has 1 aliphatic carbocycles. The first-order valence-electron chi connectivity index (χ1n) is 10.6. The Morgan fingerprint density at radius 1 is 0.906 bits per heavy atom. The summed E-state index contributed by atoms with van der Waals surface area (Å²) in [7, 11) is 0. The summed E-state index contributed by atoms with van der Waals surface area (Å²) < 4.78 is 5.79. The van der Waals surface area contributed by atoms with Gasteiger partial charge in [0.05, 0.1) is 5.56 Å². The molecule has 6 nitrogen and oxygen atoms in total. The molecular weight excluding hydrogens is 404 g/mol. The molecule has 6 heteroatoms. The molecule has 1 aliphatic rings. The number of ether oxygens (including phenoxy) is 1. The third kappa shape index (κ3) is 4.07. The van der Waals surface area contributed by atoms with E-state index in [2.05, 4.69) is 10.6 Å². The fourth-order valence-corrected chi connectivity index (χ4v) is 3.75. The van der Waals surface area contributed by atoms with E-state index in [0.717, 1.165) is 29.0 Å².